The van der Waals surface area contributed by atoms with E-state index >= 15 is 0 Å². The first-order chi connectivity index (χ1) is 10.9. The molecule has 3 atom stereocenters. The normalized spacial score (nSPS) is 29.0. The molecule has 0 fully saturated rings. The van der Waals surface area contributed by atoms with Crippen LogP contribution in [0.3, 0.4) is 0 Å². The van der Waals surface area contributed by atoms with E-state index in [1.165, 1.54) is 50.5 Å². The summed E-state index contributed by atoms with van der Waals surface area (Å²) in [5, 5.41) is 0. The summed E-state index contributed by atoms with van der Waals surface area (Å²) < 4.78 is 0. The van der Waals surface area contributed by atoms with Crippen LogP contribution in [0.25, 0.3) is 0 Å². The Morgan fingerprint density at radius 3 is 2.45 bits per heavy atom. The molecule has 22 heavy (non-hydrogen) atoms. The minimum Gasteiger partial charge on any atom is -0.0882 e. The van der Waals surface area contributed by atoms with Crippen LogP contribution < -0.4 is 0 Å². The van der Waals surface area contributed by atoms with E-state index in [4.69, 9.17) is 0 Å². The highest BCUT2D eigenvalue weighted by molar-refractivity contribution is 5.26. The van der Waals surface area contributed by atoms with Gasteiger partial charge in [-0.05, 0) is 73.8 Å². The molecule has 0 saturated carbocycles. The number of rotatable bonds is 3. The van der Waals surface area contributed by atoms with Gasteiger partial charge in [0.25, 0.3) is 0 Å². The third-order valence-corrected chi connectivity index (χ3v) is 5.60. The summed E-state index contributed by atoms with van der Waals surface area (Å²) in [6.07, 6.45) is 20.5. The number of aryl methyl sites for hydroxylation is 1. The zero-order chi connectivity index (χ0) is 15.2. The largest absolute Gasteiger partial charge is 0.0882 e. The van der Waals surface area contributed by atoms with Crippen molar-refractivity contribution in [1.29, 1.82) is 0 Å². The van der Waals surface area contributed by atoms with Gasteiger partial charge in [-0.2, -0.15) is 0 Å². The Hall–Kier alpha value is -1.30. The summed E-state index contributed by atoms with van der Waals surface area (Å²) in [7, 11) is 0. The van der Waals surface area contributed by atoms with Crippen LogP contribution in [0, 0.1) is 11.8 Å². The minimum atomic E-state index is 0.724. The average molecular weight is 294 g/mol. The predicted octanol–water partition coefficient (Wildman–Crippen LogP) is 6.44. The number of hydrogen-bond donors (Lipinski definition) is 0. The van der Waals surface area contributed by atoms with E-state index in [9.17, 15) is 0 Å². The summed E-state index contributed by atoms with van der Waals surface area (Å²) >= 11 is 0. The maximum atomic E-state index is 2.53. The zero-order valence-electron chi connectivity index (χ0n) is 14.0. The molecule has 118 valence electrons. The van der Waals surface area contributed by atoms with Crippen molar-refractivity contribution in [3.63, 3.8) is 0 Å². The van der Waals surface area contributed by atoms with Crippen LogP contribution >= 0.6 is 0 Å². The van der Waals surface area contributed by atoms with Crippen LogP contribution in [-0.2, 0) is 6.42 Å². The van der Waals surface area contributed by atoms with Gasteiger partial charge in [0.15, 0.2) is 0 Å². The van der Waals surface area contributed by atoms with Crippen LogP contribution in [0.15, 0.2) is 48.6 Å². The van der Waals surface area contributed by atoms with E-state index in [1.54, 1.807) is 5.56 Å². The highest BCUT2D eigenvalue weighted by Gasteiger charge is 2.22. The molecule has 0 saturated heterocycles. The van der Waals surface area contributed by atoms with Crippen molar-refractivity contribution >= 4 is 0 Å². The summed E-state index contributed by atoms with van der Waals surface area (Å²) in [4.78, 5) is 0. The van der Waals surface area contributed by atoms with Crippen LogP contribution in [0.4, 0.5) is 0 Å². The van der Waals surface area contributed by atoms with E-state index in [1.807, 2.05) is 0 Å². The van der Waals surface area contributed by atoms with Crippen LogP contribution in [0.1, 0.15) is 68.9 Å². The SMILES string of the molecule is CCc1ccc(C2CC=CC(C3C=CCCCC3)CC2)cc1. The fourth-order valence-electron chi connectivity index (χ4n) is 4.08. The van der Waals surface area contributed by atoms with Crippen molar-refractivity contribution < 1.29 is 0 Å². The number of hydrogen-bond acceptors (Lipinski definition) is 0. The lowest BCUT2D eigenvalue weighted by molar-refractivity contribution is 0.398. The lowest BCUT2D eigenvalue weighted by Gasteiger charge is -2.21. The minimum absolute atomic E-state index is 0.724. The van der Waals surface area contributed by atoms with Gasteiger partial charge in [-0.3, -0.25) is 0 Å². The third-order valence-electron chi connectivity index (χ3n) is 5.60. The molecule has 0 aliphatic heterocycles. The van der Waals surface area contributed by atoms with Gasteiger partial charge < -0.3 is 0 Å². The second-order valence-electron chi connectivity index (χ2n) is 7.07. The van der Waals surface area contributed by atoms with Crippen LogP contribution in [0.2, 0.25) is 0 Å². The maximum absolute atomic E-state index is 2.53. The topological polar surface area (TPSA) is 0 Å². The monoisotopic (exact) mass is 294 g/mol. The molecule has 1 aromatic carbocycles. The Bertz CT molecular complexity index is 505. The number of benzene rings is 1. The first-order valence-corrected chi connectivity index (χ1v) is 9.29. The molecule has 0 heterocycles. The van der Waals surface area contributed by atoms with Gasteiger partial charge in [-0.25, -0.2) is 0 Å². The molecular weight excluding hydrogens is 264 g/mol. The van der Waals surface area contributed by atoms with Gasteiger partial charge in [0, 0.05) is 0 Å². The Labute approximate surface area is 136 Å². The van der Waals surface area contributed by atoms with E-state index < -0.39 is 0 Å². The van der Waals surface area contributed by atoms with Crippen LogP contribution in [0.5, 0.6) is 0 Å². The fourth-order valence-corrected chi connectivity index (χ4v) is 4.08. The fraction of sp³-hybridized carbons (Fsp3) is 0.545. The Morgan fingerprint density at radius 1 is 0.864 bits per heavy atom. The molecule has 0 bridgehead atoms. The summed E-state index contributed by atoms with van der Waals surface area (Å²) in [6, 6.07) is 9.36. The predicted molar refractivity (Wildman–Crippen MR) is 96.1 cm³/mol. The molecule has 0 spiro atoms. The van der Waals surface area contributed by atoms with Gasteiger partial charge in [0.05, 0.1) is 0 Å². The molecule has 0 aromatic heterocycles. The number of allylic oxidation sites excluding steroid dienone is 4. The van der Waals surface area contributed by atoms with Gasteiger partial charge in [-0.1, -0.05) is 61.9 Å². The average Bonchev–Trinajstić information content (AvgIpc) is 2.97. The van der Waals surface area contributed by atoms with Crippen LogP contribution in [-0.4, -0.2) is 0 Å². The van der Waals surface area contributed by atoms with Gasteiger partial charge in [0.1, 0.15) is 0 Å². The van der Waals surface area contributed by atoms with Crippen molar-refractivity contribution in [1.82, 2.24) is 0 Å². The van der Waals surface area contributed by atoms with Crippen molar-refractivity contribution in [3.05, 3.63) is 59.7 Å². The van der Waals surface area contributed by atoms with E-state index in [2.05, 4.69) is 55.5 Å². The molecule has 3 unspecified atom stereocenters. The zero-order valence-corrected chi connectivity index (χ0v) is 14.0. The third kappa shape index (κ3) is 3.91. The second kappa shape index (κ2) is 7.81. The molecule has 0 N–H and O–H groups in total. The standard InChI is InChI=1S/C22H30/c1-2-18-12-14-22(15-13-18)21-11-7-10-20(16-17-21)19-8-5-3-4-6-9-19/h5,7-8,10,12-15,19-21H,2-4,6,9,11,16-17H2,1H3. The van der Waals surface area contributed by atoms with Gasteiger partial charge in [-0.15, -0.1) is 0 Å². The van der Waals surface area contributed by atoms with Gasteiger partial charge in [0.2, 0.25) is 0 Å². The molecule has 2 aliphatic rings. The van der Waals surface area contributed by atoms with E-state index in [0.29, 0.717) is 0 Å². The smallest absolute Gasteiger partial charge is 0.0127 e. The first-order valence-electron chi connectivity index (χ1n) is 9.29. The molecule has 3 rings (SSSR count). The Kier molecular flexibility index (Phi) is 5.53. The molecule has 0 amide bonds. The van der Waals surface area contributed by atoms with Crippen molar-refractivity contribution in [2.45, 2.75) is 64.2 Å². The highest BCUT2D eigenvalue weighted by Crippen LogP contribution is 2.36. The van der Waals surface area contributed by atoms with Crippen molar-refractivity contribution in [2.75, 3.05) is 0 Å². The highest BCUT2D eigenvalue weighted by atomic mass is 14.3. The van der Waals surface area contributed by atoms with Gasteiger partial charge >= 0.3 is 0 Å². The quantitative estimate of drug-likeness (QED) is 0.563. The molecule has 1 aromatic rings. The lowest BCUT2D eigenvalue weighted by Crippen LogP contribution is -2.10. The second-order valence-corrected chi connectivity index (χ2v) is 7.07. The lowest BCUT2D eigenvalue weighted by atomic mass is 9.83. The molecule has 2 aliphatic carbocycles. The molecule has 0 heteroatoms. The van der Waals surface area contributed by atoms with E-state index in [-0.39, 0.29) is 0 Å². The Balaban J connectivity index is 1.63. The van der Waals surface area contributed by atoms with E-state index in [0.717, 1.165) is 24.2 Å². The summed E-state index contributed by atoms with van der Waals surface area (Å²) in [5.74, 6) is 2.29. The molecule has 0 nitrogen and oxygen atoms in total. The first kappa shape index (κ1) is 15.6. The maximum Gasteiger partial charge on any atom is -0.0127 e. The van der Waals surface area contributed by atoms with Crippen molar-refractivity contribution in [3.8, 4) is 0 Å². The summed E-state index contributed by atoms with van der Waals surface area (Å²) in [5.41, 5.74) is 2.99. The van der Waals surface area contributed by atoms with Crippen molar-refractivity contribution in [2.24, 2.45) is 11.8 Å². The summed E-state index contributed by atoms with van der Waals surface area (Å²) in [6.45, 7) is 2.23. The molecular formula is C22H30. The molecule has 0 radical (unpaired) electrons. The Morgan fingerprint density at radius 2 is 1.64 bits per heavy atom.